The van der Waals surface area contributed by atoms with Crippen molar-refractivity contribution in [1.82, 2.24) is 20.2 Å². The third kappa shape index (κ3) is 2.27. The van der Waals surface area contributed by atoms with Crippen LogP contribution in [-0.4, -0.2) is 27.2 Å². The van der Waals surface area contributed by atoms with Gasteiger partial charge in [0, 0.05) is 12.7 Å². The Morgan fingerprint density at radius 1 is 1.25 bits per heavy atom. The lowest BCUT2D eigenvalue weighted by Gasteiger charge is -2.09. The molecule has 0 radical (unpaired) electrons. The molecule has 6 heteroatoms. The molecule has 0 spiro atoms. The predicted octanol–water partition coefficient (Wildman–Crippen LogP) is 2.70. The lowest BCUT2D eigenvalue weighted by molar-refractivity contribution is 1.09. The van der Waals surface area contributed by atoms with E-state index in [2.05, 4.69) is 49.9 Å². The SMILES string of the molecule is CCc1cccc(Nc2nc(NC)nc3[nH]ncc23)c1. The summed E-state index contributed by atoms with van der Waals surface area (Å²) in [6.45, 7) is 2.14. The van der Waals surface area contributed by atoms with Crippen LogP contribution in [0.3, 0.4) is 0 Å². The van der Waals surface area contributed by atoms with Crippen LogP contribution in [0.15, 0.2) is 30.5 Å². The van der Waals surface area contributed by atoms with Crippen LogP contribution >= 0.6 is 0 Å². The van der Waals surface area contributed by atoms with E-state index in [-0.39, 0.29) is 0 Å². The first-order valence-electron chi connectivity index (χ1n) is 6.55. The molecule has 3 aromatic rings. The Kier molecular flexibility index (Phi) is 3.20. The summed E-state index contributed by atoms with van der Waals surface area (Å²) in [7, 11) is 1.79. The van der Waals surface area contributed by atoms with Gasteiger partial charge in [-0.15, -0.1) is 0 Å². The zero-order valence-corrected chi connectivity index (χ0v) is 11.4. The molecular weight excluding hydrogens is 252 g/mol. The number of nitrogens with one attached hydrogen (secondary N) is 3. The van der Waals surface area contributed by atoms with Crippen LogP contribution in [0.2, 0.25) is 0 Å². The van der Waals surface area contributed by atoms with Crippen molar-refractivity contribution in [2.75, 3.05) is 17.7 Å². The van der Waals surface area contributed by atoms with Gasteiger partial charge in [-0.1, -0.05) is 19.1 Å². The molecule has 3 N–H and O–H groups in total. The van der Waals surface area contributed by atoms with Gasteiger partial charge < -0.3 is 10.6 Å². The van der Waals surface area contributed by atoms with Gasteiger partial charge in [0.15, 0.2) is 5.65 Å². The number of H-pyrrole nitrogens is 1. The van der Waals surface area contributed by atoms with Crippen molar-refractivity contribution >= 4 is 28.5 Å². The van der Waals surface area contributed by atoms with Crippen LogP contribution in [0, 0.1) is 0 Å². The summed E-state index contributed by atoms with van der Waals surface area (Å²) in [5.41, 5.74) is 2.99. The van der Waals surface area contributed by atoms with E-state index < -0.39 is 0 Å². The van der Waals surface area contributed by atoms with Gasteiger partial charge in [0.2, 0.25) is 5.95 Å². The average Bonchev–Trinajstić information content (AvgIpc) is 2.96. The second-order valence-corrected chi connectivity index (χ2v) is 4.46. The molecule has 20 heavy (non-hydrogen) atoms. The Labute approximate surface area is 116 Å². The molecule has 0 aliphatic heterocycles. The van der Waals surface area contributed by atoms with E-state index in [1.54, 1.807) is 13.2 Å². The van der Waals surface area contributed by atoms with E-state index in [1.165, 1.54) is 5.56 Å². The molecule has 0 atom stereocenters. The standard InChI is InChI=1S/C14H16N6/c1-3-9-5-4-6-10(7-9)17-12-11-8-16-20-13(11)19-14(15-2)18-12/h4-8H,3H2,1-2H3,(H3,15,16,17,18,19,20). The Hall–Kier alpha value is -2.63. The Balaban J connectivity index is 2.02. The summed E-state index contributed by atoms with van der Waals surface area (Å²) >= 11 is 0. The van der Waals surface area contributed by atoms with E-state index >= 15 is 0 Å². The van der Waals surface area contributed by atoms with Crippen molar-refractivity contribution < 1.29 is 0 Å². The lowest BCUT2D eigenvalue weighted by atomic mass is 10.1. The van der Waals surface area contributed by atoms with Gasteiger partial charge in [-0.25, -0.2) is 0 Å². The summed E-state index contributed by atoms with van der Waals surface area (Å²) in [6, 6.07) is 8.28. The topological polar surface area (TPSA) is 78.5 Å². The number of rotatable bonds is 4. The number of aryl methyl sites for hydroxylation is 1. The van der Waals surface area contributed by atoms with Crippen LogP contribution in [0.5, 0.6) is 0 Å². The van der Waals surface area contributed by atoms with Gasteiger partial charge in [-0.3, -0.25) is 5.10 Å². The third-order valence-electron chi connectivity index (χ3n) is 3.13. The maximum atomic E-state index is 4.45. The quantitative estimate of drug-likeness (QED) is 0.678. The number of fused-ring (bicyclic) bond motifs is 1. The third-order valence-corrected chi connectivity index (χ3v) is 3.13. The molecule has 0 saturated carbocycles. The first-order chi connectivity index (χ1) is 9.80. The van der Waals surface area contributed by atoms with Crippen LogP contribution in [0.1, 0.15) is 12.5 Å². The molecule has 3 rings (SSSR count). The number of hydrogen-bond donors (Lipinski definition) is 3. The van der Waals surface area contributed by atoms with Gasteiger partial charge in [0.05, 0.1) is 11.6 Å². The highest BCUT2D eigenvalue weighted by Gasteiger charge is 2.09. The van der Waals surface area contributed by atoms with Crippen molar-refractivity contribution in [2.24, 2.45) is 0 Å². The molecule has 102 valence electrons. The molecule has 0 amide bonds. The van der Waals surface area contributed by atoms with Crippen LogP contribution in [-0.2, 0) is 6.42 Å². The van der Waals surface area contributed by atoms with Gasteiger partial charge in [0.1, 0.15) is 5.82 Å². The van der Waals surface area contributed by atoms with Gasteiger partial charge >= 0.3 is 0 Å². The number of anilines is 3. The molecule has 2 aromatic heterocycles. The molecule has 6 nitrogen and oxygen atoms in total. The highest BCUT2D eigenvalue weighted by Crippen LogP contribution is 2.24. The van der Waals surface area contributed by atoms with Gasteiger partial charge in [-0.2, -0.15) is 15.1 Å². The molecule has 1 aromatic carbocycles. The lowest BCUT2D eigenvalue weighted by Crippen LogP contribution is -2.01. The summed E-state index contributed by atoms with van der Waals surface area (Å²) in [5.74, 6) is 1.29. The van der Waals surface area contributed by atoms with Crippen LogP contribution in [0.25, 0.3) is 11.0 Å². The fraction of sp³-hybridized carbons (Fsp3) is 0.214. The molecular formula is C14H16N6. The normalized spacial score (nSPS) is 10.7. The van der Waals surface area contributed by atoms with E-state index in [0.29, 0.717) is 11.6 Å². The summed E-state index contributed by atoms with van der Waals surface area (Å²) < 4.78 is 0. The fourth-order valence-corrected chi connectivity index (χ4v) is 2.05. The molecule has 2 heterocycles. The fourth-order valence-electron chi connectivity index (χ4n) is 2.05. The number of aromatic amines is 1. The summed E-state index contributed by atoms with van der Waals surface area (Å²) in [4.78, 5) is 8.76. The van der Waals surface area contributed by atoms with Crippen molar-refractivity contribution in [3.63, 3.8) is 0 Å². The minimum Gasteiger partial charge on any atom is -0.357 e. The zero-order chi connectivity index (χ0) is 13.9. The van der Waals surface area contributed by atoms with Crippen LogP contribution < -0.4 is 10.6 Å². The summed E-state index contributed by atoms with van der Waals surface area (Å²) in [6.07, 6.45) is 2.73. The largest absolute Gasteiger partial charge is 0.357 e. The van der Waals surface area contributed by atoms with E-state index in [0.717, 1.165) is 23.3 Å². The average molecular weight is 268 g/mol. The summed E-state index contributed by atoms with van der Waals surface area (Å²) in [5, 5.41) is 14.0. The first kappa shape index (κ1) is 12.4. The number of hydrogen-bond acceptors (Lipinski definition) is 5. The second kappa shape index (κ2) is 5.16. The molecule has 0 aliphatic carbocycles. The zero-order valence-electron chi connectivity index (χ0n) is 11.4. The minimum atomic E-state index is 0.552. The van der Waals surface area contributed by atoms with E-state index in [4.69, 9.17) is 0 Å². The molecule has 0 fully saturated rings. The molecule has 0 saturated heterocycles. The van der Waals surface area contributed by atoms with Gasteiger partial charge in [-0.05, 0) is 24.1 Å². The highest BCUT2D eigenvalue weighted by molar-refractivity contribution is 5.89. The molecule has 0 aliphatic rings. The van der Waals surface area contributed by atoms with Crippen molar-refractivity contribution in [2.45, 2.75) is 13.3 Å². The van der Waals surface area contributed by atoms with E-state index in [9.17, 15) is 0 Å². The van der Waals surface area contributed by atoms with Crippen molar-refractivity contribution in [1.29, 1.82) is 0 Å². The Morgan fingerprint density at radius 3 is 2.95 bits per heavy atom. The van der Waals surface area contributed by atoms with Gasteiger partial charge in [0.25, 0.3) is 0 Å². The van der Waals surface area contributed by atoms with Crippen molar-refractivity contribution in [3.8, 4) is 0 Å². The number of aromatic nitrogens is 4. The van der Waals surface area contributed by atoms with Crippen molar-refractivity contribution in [3.05, 3.63) is 36.0 Å². The molecule has 0 bridgehead atoms. The maximum absolute atomic E-state index is 4.45. The second-order valence-electron chi connectivity index (χ2n) is 4.46. The minimum absolute atomic E-state index is 0.552. The van der Waals surface area contributed by atoms with Crippen LogP contribution in [0.4, 0.5) is 17.5 Å². The number of benzene rings is 1. The Morgan fingerprint density at radius 2 is 2.15 bits per heavy atom. The first-order valence-corrected chi connectivity index (χ1v) is 6.55. The molecule has 0 unspecified atom stereocenters. The monoisotopic (exact) mass is 268 g/mol. The Bertz CT molecular complexity index is 733. The highest BCUT2D eigenvalue weighted by atomic mass is 15.2. The smallest absolute Gasteiger partial charge is 0.226 e. The number of nitrogens with zero attached hydrogens (tertiary/aromatic N) is 3. The van der Waals surface area contributed by atoms with E-state index in [1.807, 2.05) is 12.1 Å². The maximum Gasteiger partial charge on any atom is 0.226 e. The predicted molar refractivity (Wildman–Crippen MR) is 80.3 cm³/mol.